The standard InChI is InChI=1S/C22H31F3N12O2/c23-11-2-1-3-13(14(11)27)34-20-32-7-10(17(29)37-20)19(39)33-8-4-12(26)15(22(24,25)5-8)35-21-31-6-9(18(30)38)16(28)36-21/h6-8,11-15H,1-5,26-27H2,(H2,30,38)(H,33,39)(H3,28,31,35,36)(H3,29,32,34,37). The molecule has 4 rings (SSSR count). The number of nitrogens with zero attached hydrogens (tertiary/aromatic N) is 4. The molecule has 2 aromatic heterocycles. The maximum Gasteiger partial charge on any atom is 0.271 e. The minimum atomic E-state index is -3.39. The Morgan fingerprint density at radius 2 is 1.59 bits per heavy atom. The van der Waals surface area contributed by atoms with Crippen LogP contribution in [-0.2, 0) is 0 Å². The summed E-state index contributed by atoms with van der Waals surface area (Å²) in [7, 11) is 0. The first-order valence-electron chi connectivity index (χ1n) is 12.3. The molecule has 6 unspecified atom stereocenters. The molecule has 0 bridgehead atoms. The third kappa shape index (κ3) is 6.19. The monoisotopic (exact) mass is 552 g/mol. The number of nitrogen functional groups attached to an aromatic ring is 2. The number of carbonyl (C=O) groups excluding carboxylic acids is 2. The number of nitrogens with one attached hydrogen (secondary N) is 3. The fourth-order valence-corrected chi connectivity index (χ4v) is 4.84. The largest absolute Gasteiger partial charge is 0.383 e. The molecule has 0 aliphatic heterocycles. The van der Waals surface area contributed by atoms with Crippen molar-refractivity contribution in [2.24, 2.45) is 17.2 Å². The van der Waals surface area contributed by atoms with E-state index in [-0.39, 0.29) is 41.1 Å². The Bertz CT molecular complexity index is 1230. The second-order valence-electron chi connectivity index (χ2n) is 9.78. The predicted octanol–water partition coefficient (Wildman–Crippen LogP) is -0.505. The van der Waals surface area contributed by atoms with Gasteiger partial charge in [-0.1, -0.05) is 0 Å². The molecule has 0 aromatic carbocycles. The maximum atomic E-state index is 15.1. The number of halogens is 3. The molecule has 2 heterocycles. The second kappa shape index (κ2) is 11.0. The van der Waals surface area contributed by atoms with E-state index in [0.717, 1.165) is 12.4 Å². The van der Waals surface area contributed by atoms with Gasteiger partial charge in [-0.05, 0) is 25.7 Å². The van der Waals surface area contributed by atoms with Crippen molar-refractivity contribution in [3.05, 3.63) is 23.5 Å². The van der Waals surface area contributed by atoms with Crippen molar-refractivity contribution < 1.29 is 22.8 Å². The summed E-state index contributed by atoms with van der Waals surface area (Å²) < 4.78 is 44.1. The Kier molecular flexibility index (Phi) is 7.91. The zero-order valence-corrected chi connectivity index (χ0v) is 20.8. The van der Waals surface area contributed by atoms with Crippen LogP contribution in [0.2, 0.25) is 0 Å². The SMILES string of the molecule is NC(=O)c1cnc(NC2C(N)CC(NC(=O)c3cnc(NC4CCCC(F)C4N)nc3N)CC2(F)F)nc1N. The van der Waals surface area contributed by atoms with Crippen LogP contribution in [-0.4, -0.2) is 74.1 Å². The quantitative estimate of drug-likeness (QED) is 0.216. The van der Waals surface area contributed by atoms with E-state index in [0.29, 0.717) is 19.3 Å². The first-order valence-corrected chi connectivity index (χ1v) is 12.3. The molecular weight excluding hydrogens is 521 g/mol. The number of anilines is 4. The highest BCUT2D eigenvalue weighted by atomic mass is 19.3. The molecule has 2 aromatic rings. The van der Waals surface area contributed by atoms with Gasteiger partial charge < -0.3 is 44.6 Å². The Labute approximate surface area is 221 Å². The Morgan fingerprint density at radius 3 is 2.18 bits per heavy atom. The minimum Gasteiger partial charge on any atom is -0.383 e. The highest BCUT2D eigenvalue weighted by molar-refractivity contribution is 5.98. The highest BCUT2D eigenvalue weighted by Gasteiger charge is 2.50. The van der Waals surface area contributed by atoms with Gasteiger partial charge in [-0.2, -0.15) is 9.97 Å². The topological polar surface area (TPSA) is 252 Å². The summed E-state index contributed by atoms with van der Waals surface area (Å²) in [5, 5.41) is 7.92. The average Bonchev–Trinajstić information content (AvgIpc) is 2.84. The number of aromatic nitrogens is 4. The minimum absolute atomic E-state index is 0.0157. The van der Waals surface area contributed by atoms with E-state index in [1.165, 1.54) is 0 Å². The number of primary amides is 1. The number of hydrogen-bond donors (Lipinski definition) is 8. The summed E-state index contributed by atoms with van der Waals surface area (Å²) in [5.74, 6) is -5.65. The van der Waals surface area contributed by atoms with Gasteiger partial charge in [-0.25, -0.2) is 23.1 Å². The third-order valence-corrected chi connectivity index (χ3v) is 6.92. The summed E-state index contributed by atoms with van der Waals surface area (Å²) in [6.45, 7) is 0. The molecule has 2 aliphatic rings. The Hall–Kier alpha value is -3.99. The summed E-state index contributed by atoms with van der Waals surface area (Å²) >= 11 is 0. The van der Waals surface area contributed by atoms with Crippen molar-refractivity contribution in [2.45, 2.75) is 74.4 Å². The zero-order chi connectivity index (χ0) is 28.5. The molecule has 6 atom stereocenters. The van der Waals surface area contributed by atoms with Gasteiger partial charge in [-0.3, -0.25) is 9.59 Å². The number of rotatable bonds is 7. The van der Waals surface area contributed by atoms with Crippen molar-refractivity contribution >= 4 is 35.3 Å². The summed E-state index contributed by atoms with van der Waals surface area (Å²) in [4.78, 5) is 39.8. The van der Waals surface area contributed by atoms with Crippen LogP contribution in [0.5, 0.6) is 0 Å². The van der Waals surface area contributed by atoms with E-state index in [1.807, 2.05) is 0 Å². The normalized spacial score (nSPS) is 28.3. The molecule has 0 radical (unpaired) electrons. The van der Waals surface area contributed by atoms with Gasteiger partial charge >= 0.3 is 0 Å². The fraction of sp³-hybridized carbons (Fsp3) is 0.545. The molecule has 14 nitrogen and oxygen atoms in total. The van der Waals surface area contributed by atoms with Crippen LogP contribution in [0.1, 0.15) is 52.8 Å². The number of amides is 2. The van der Waals surface area contributed by atoms with Gasteiger partial charge in [0, 0.05) is 36.9 Å². The smallest absolute Gasteiger partial charge is 0.271 e. The van der Waals surface area contributed by atoms with E-state index >= 15 is 8.78 Å². The van der Waals surface area contributed by atoms with Crippen molar-refractivity contribution in [3.63, 3.8) is 0 Å². The fourth-order valence-electron chi connectivity index (χ4n) is 4.84. The Morgan fingerprint density at radius 1 is 0.974 bits per heavy atom. The second-order valence-corrected chi connectivity index (χ2v) is 9.78. The van der Waals surface area contributed by atoms with Crippen LogP contribution < -0.4 is 44.6 Å². The van der Waals surface area contributed by atoms with Gasteiger partial charge in [0.25, 0.3) is 17.7 Å². The molecule has 17 heteroatoms. The molecule has 2 amide bonds. The van der Waals surface area contributed by atoms with Gasteiger partial charge in [-0.15, -0.1) is 0 Å². The summed E-state index contributed by atoms with van der Waals surface area (Å²) in [5.41, 5.74) is 28.4. The Balaban J connectivity index is 1.38. The van der Waals surface area contributed by atoms with E-state index in [4.69, 9.17) is 28.7 Å². The molecule has 13 N–H and O–H groups in total. The van der Waals surface area contributed by atoms with Gasteiger partial charge in [0.15, 0.2) is 0 Å². The third-order valence-electron chi connectivity index (χ3n) is 6.92. The highest BCUT2D eigenvalue weighted by Crippen LogP contribution is 2.35. The molecule has 212 valence electrons. The number of nitrogens with two attached hydrogens (primary N) is 5. The maximum absolute atomic E-state index is 15.1. The van der Waals surface area contributed by atoms with E-state index in [9.17, 15) is 14.0 Å². The summed E-state index contributed by atoms with van der Waals surface area (Å²) in [6, 6.07) is -4.84. The van der Waals surface area contributed by atoms with Crippen molar-refractivity contribution in [3.8, 4) is 0 Å². The molecule has 2 saturated carbocycles. The van der Waals surface area contributed by atoms with Crippen LogP contribution in [0.15, 0.2) is 12.4 Å². The lowest BCUT2D eigenvalue weighted by Gasteiger charge is -2.40. The lowest BCUT2D eigenvalue weighted by Crippen LogP contribution is -2.61. The molecule has 39 heavy (non-hydrogen) atoms. The van der Waals surface area contributed by atoms with Crippen LogP contribution in [0.3, 0.4) is 0 Å². The zero-order valence-electron chi connectivity index (χ0n) is 20.8. The molecule has 2 aliphatic carbocycles. The predicted molar refractivity (Wildman–Crippen MR) is 136 cm³/mol. The van der Waals surface area contributed by atoms with E-state index in [2.05, 4.69) is 35.9 Å². The van der Waals surface area contributed by atoms with Crippen LogP contribution in [0.4, 0.5) is 36.7 Å². The lowest BCUT2D eigenvalue weighted by atomic mass is 9.84. The van der Waals surface area contributed by atoms with Crippen LogP contribution >= 0.6 is 0 Å². The number of hydrogen-bond acceptors (Lipinski definition) is 12. The first kappa shape index (κ1) is 28.0. The molecule has 2 fully saturated rings. The van der Waals surface area contributed by atoms with E-state index in [1.54, 1.807) is 0 Å². The van der Waals surface area contributed by atoms with Crippen molar-refractivity contribution in [1.29, 1.82) is 0 Å². The van der Waals surface area contributed by atoms with Crippen LogP contribution in [0, 0.1) is 0 Å². The van der Waals surface area contributed by atoms with E-state index < -0.39 is 60.5 Å². The van der Waals surface area contributed by atoms with Crippen molar-refractivity contribution in [1.82, 2.24) is 25.3 Å². The lowest BCUT2D eigenvalue weighted by molar-refractivity contribution is -0.0602. The van der Waals surface area contributed by atoms with Gasteiger partial charge in [0.05, 0.1) is 17.2 Å². The number of alkyl halides is 3. The van der Waals surface area contributed by atoms with Crippen molar-refractivity contribution in [2.75, 3.05) is 22.1 Å². The number of carbonyl (C=O) groups is 2. The van der Waals surface area contributed by atoms with Gasteiger partial charge in [0.2, 0.25) is 11.9 Å². The first-order chi connectivity index (χ1) is 18.4. The van der Waals surface area contributed by atoms with Gasteiger partial charge in [0.1, 0.15) is 23.8 Å². The average molecular weight is 553 g/mol. The molecule has 0 spiro atoms. The molecular formula is C22H31F3N12O2. The molecule has 0 saturated heterocycles. The van der Waals surface area contributed by atoms with Crippen LogP contribution in [0.25, 0.3) is 0 Å². The summed E-state index contributed by atoms with van der Waals surface area (Å²) in [6.07, 6.45) is 1.92.